The molecule has 1 fully saturated rings. The van der Waals surface area contributed by atoms with Crippen LogP contribution in [0, 0.1) is 5.92 Å². The first-order valence-electron chi connectivity index (χ1n) is 8.08. The van der Waals surface area contributed by atoms with E-state index in [1.807, 2.05) is 4.90 Å². The number of rotatable bonds is 7. The lowest BCUT2D eigenvalue weighted by Crippen LogP contribution is -2.31. The zero-order valence-corrected chi connectivity index (χ0v) is 13.5. The van der Waals surface area contributed by atoms with Gasteiger partial charge in [0.2, 0.25) is 5.91 Å². The third-order valence-electron chi connectivity index (χ3n) is 4.29. The van der Waals surface area contributed by atoms with Gasteiger partial charge in [0.25, 0.3) is 0 Å². The van der Waals surface area contributed by atoms with Crippen LogP contribution in [-0.4, -0.2) is 17.4 Å². The van der Waals surface area contributed by atoms with E-state index in [2.05, 4.69) is 23.8 Å². The van der Waals surface area contributed by atoms with Crippen LogP contribution in [0.5, 0.6) is 0 Å². The number of thiophene rings is 1. The lowest BCUT2D eigenvalue weighted by atomic mass is 9.86. The molecule has 1 aromatic heterocycles. The van der Waals surface area contributed by atoms with Crippen LogP contribution >= 0.6 is 11.3 Å². The summed E-state index contributed by atoms with van der Waals surface area (Å²) in [6.07, 6.45) is 9.69. The summed E-state index contributed by atoms with van der Waals surface area (Å²) in [5.41, 5.74) is 1.27. The lowest BCUT2D eigenvalue weighted by Gasteiger charge is -2.25. The van der Waals surface area contributed by atoms with Gasteiger partial charge in [0.15, 0.2) is 0 Å². The van der Waals surface area contributed by atoms with Gasteiger partial charge < -0.3 is 4.90 Å². The van der Waals surface area contributed by atoms with Gasteiger partial charge in [0.05, 0.1) is 0 Å². The molecule has 3 heteroatoms. The van der Waals surface area contributed by atoms with Gasteiger partial charge in [-0.2, -0.15) is 11.3 Å². The number of nitrogens with zero attached hydrogens (tertiary/aromatic N) is 1. The molecule has 0 saturated heterocycles. The highest BCUT2D eigenvalue weighted by atomic mass is 32.1. The molecule has 1 saturated carbocycles. The summed E-state index contributed by atoms with van der Waals surface area (Å²) in [5, 5.41) is 4.24. The molecule has 0 spiro atoms. The molecule has 0 aromatic carbocycles. The Bertz CT molecular complexity index is 382. The summed E-state index contributed by atoms with van der Waals surface area (Å²) in [5.74, 6) is 1.15. The Morgan fingerprint density at radius 2 is 2.15 bits per heavy atom. The molecule has 1 aliphatic carbocycles. The molecule has 1 aromatic rings. The molecule has 0 radical (unpaired) electrons. The molecule has 112 valence electrons. The quantitative estimate of drug-likeness (QED) is 0.704. The smallest absolute Gasteiger partial charge is 0.222 e. The standard InChI is InChI=1S/C17H27NOS/c1-2-11-18(13-16-10-12-20-14-16)17(19)9-8-15-6-4-3-5-7-15/h10,12,14-15H,2-9,11,13H2,1H3. The second-order valence-corrected chi connectivity index (χ2v) is 6.77. The van der Waals surface area contributed by atoms with Crippen molar-refractivity contribution in [3.05, 3.63) is 22.4 Å². The average Bonchev–Trinajstić information content (AvgIpc) is 2.98. The third-order valence-corrected chi connectivity index (χ3v) is 5.02. The van der Waals surface area contributed by atoms with Crippen LogP contribution in [0.2, 0.25) is 0 Å². The monoisotopic (exact) mass is 293 g/mol. The number of carbonyl (C=O) groups excluding carboxylic acids is 1. The topological polar surface area (TPSA) is 20.3 Å². The molecule has 2 rings (SSSR count). The molecule has 0 atom stereocenters. The van der Waals surface area contributed by atoms with Gasteiger partial charge in [0.1, 0.15) is 0 Å². The van der Waals surface area contributed by atoms with Crippen LogP contribution in [0.15, 0.2) is 16.8 Å². The van der Waals surface area contributed by atoms with Gasteiger partial charge in [-0.25, -0.2) is 0 Å². The molecule has 0 unspecified atom stereocenters. The van der Waals surface area contributed by atoms with Crippen LogP contribution < -0.4 is 0 Å². The second kappa shape index (κ2) is 8.46. The predicted octanol–water partition coefficient (Wildman–Crippen LogP) is 4.85. The summed E-state index contributed by atoms with van der Waals surface area (Å²) >= 11 is 1.71. The Hall–Kier alpha value is -0.830. The van der Waals surface area contributed by atoms with Gasteiger partial charge >= 0.3 is 0 Å². The number of hydrogen-bond acceptors (Lipinski definition) is 2. The summed E-state index contributed by atoms with van der Waals surface area (Å²) in [7, 11) is 0. The van der Waals surface area contributed by atoms with Gasteiger partial charge in [0, 0.05) is 19.5 Å². The molecule has 20 heavy (non-hydrogen) atoms. The van der Waals surface area contributed by atoms with E-state index in [4.69, 9.17) is 0 Å². The van der Waals surface area contributed by atoms with Crippen molar-refractivity contribution in [2.45, 2.75) is 64.8 Å². The van der Waals surface area contributed by atoms with Crippen molar-refractivity contribution in [3.8, 4) is 0 Å². The van der Waals surface area contributed by atoms with Crippen LogP contribution in [0.1, 0.15) is 63.9 Å². The first-order chi connectivity index (χ1) is 9.79. The molecule has 1 heterocycles. The Morgan fingerprint density at radius 1 is 1.35 bits per heavy atom. The van der Waals surface area contributed by atoms with Crippen molar-refractivity contribution >= 4 is 17.2 Å². The van der Waals surface area contributed by atoms with Gasteiger partial charge in [-0.1, -0.05) is 39.0 Å². The van der Waals surface area contributed by atoms with E-state index in [-0.39, 0.29) is 0 Å². The Kier molecular flexibility index (Phi) is 6.58. The zero-order chi connectivity index (χ0) is 14.2. The number of hydrogen-bond donors (Lipinski definition) is 0. The van der Waals surface area contributed by atoms with Gasteiger partial charge in [-0.05, 0) is 41.1 Å². The molecule has 1 aliphatic rings. The highest BCUT2D eigenvalue weighted by Gasteiger charge is 2.18. The summed E-state index contributed by atoms with van der Waals surface area (Å²) < 4.78 is 0. The fourth-order valence-corrected chi connectivity index (χ4v) is 3.79. The van der Waals surface area contributed by atoms with Crippen molar-refractivity contribution in [3.63, 3.8) is 0 Å². The van der Waals surface area contributed by atoms with E-state index in [9.17, 15) is 4.79 Å². The first-order valence-corrected chi connectivity index (χ1v) is 9.02. The summed E-state index contributed by atoms with van der Waals surface area (Å²) in [4.78, 5) is 14.5. The SMILES string of the molecule is CCCN(Cc1ccsc1)C(=O)CCC1CCCCC1. The normalized spacial score (nSPS) is 16.2. The first kappa shape index (κ1) is 15.6. The Balaban J connectivity index is 1.79. The maximum absolute atomic E-state index is 12.4. The maximum Gasteiger partial charge on any atom is 0.222 e. The molecule has 0 aliphatic heterocycles. The number of carbonyl (C=O) groups is 1. The minimum absolute atomic E-state index is 0.351. The molecular formula is C17H27NOS. The van der Waals surface area contributed by atoms with Crippen LogP contribution in [0.3, 0.4) is 0 Å². The highest BCUT2D eigenvalue weighted by molar-refractivity contribution is 7.07. The van der Waals surface area contributed by atoms with Crippen molar-refractivity contribution in [2.24, 2.45) is 5.92 Å². The van der Waals surface area contributed by atoms with Crippen molar-refractivity contribution in [1.29, 1.82) is 0 Å². The summed E-state index contributed by atoms with van der Waals surface area (Å²) in [6, 6.07) is 2.13. The van der Waals surface area contributed by atoms with Crippen molar-refractivity contribution < 1.29 is 4.79 Å². The summed E-state index contributed by atoms with van der Waals surface area (Å²) in [6.45, 7) is 3.83. The van der Waals surface area contributed by atoms with Crippen molar-refractivity contribution in [2.75, 3.05) is 6.54 Å². The Labute approximate surface area is 127 Å². The van der Waals surface area contributed by atoms with E-state index in [0.717, 1.165) is 38.3 Å². The fraction of sp³-hybridized carbons (Fsp3) is 0.706. The average molecular weight is 293 g/mol. The van der Waals surface area contributed by atoms with Gasteiger partial charge in [-0.3, -0.25) is 4.79 Å². The molecule has 2 nitrogen and oxygen atoms in total. The molecular weight excluding hydrogens is 266 g/mol. The minimum Gasteiger partial charge on any atom is -0.338 e. The molecule has 0 bridgehead atoms. The van der Waals surface area contributed by atoms with Crippen molar-refractivity contribution in [1.82, 2.24) is 4.90 Å². The van der Waals surface area contributed by atoms with Crippen LogP contribution in [-0.2, 0) is 11.3 Å². The van der Waals surface area contributed by atoms with E-state index in [1.165, 1.54) is 37.7 Å². The van der Waals surface area contributed by atoms with E-state index < -0.39 is 0 Å². The molecule has 1 amide bonds. The third kappa shape index (κ3) is 4.93. The lowest BCUT2D eigenvalue weighted by molar-refractivity contribution is -0.132. The predicted molar refractivity (Wildman–Crippen MR) is 85.8 cm³/mol. The zero-order valence-electron chi connectivity index (χ0n) is 12.6. The van der Waals surface area contributed by atoms with Crippen LogP contribution in [0.25, 0.3) is 0 Å². The number of amides is 1. The molecule has 0 N–H and O–H groups in total. The Morgan fingerprint density at radius 3 is 2.80 bits per heavy atom. The van der Waals surface area contributed by atoms with E-state index in [0.29, 0.717) is 5.91 Å². The van der Waals surface area contributed by atoms with Gasteiger partial charge in [-0.15, -0.1) is 0 Å². The second-order valence-electron chi connectivity index (χ2n) is 5.99. The van der Waals surface area contributed by atoms with E-state index >= 15 is 0 Å². The highest BCUT2D eigenvalue weighted by Crippen LogP contribution is 2.27. The minimum atomic E-state index is 0.351. The maximum atomic E-state index is 12.4. The largest absolute Gasteiger partial charge is 0.338 e. The fourth-order valence-electron chi connectivity index (χ4n) is 3.13. The van der Waals surface area contributed by atoms with Crippen LogP contribution in [0.4, 0.5) is 0 Å². The van der Waals surface area contributed by atoms with E-state index in [1.54, 1.807) is 11.3 Å².